The van der Waals surface area contributed by atoms with E-state index < -0.39 is 0 Å². The van der Waals surface area contributed by atoms with Gasteiger partial charge in [-0.3, -0.25) is 4.98 Å². The Bertz CT molecular complexity index is 1020. The average molecular weight is 379 g/mol. The number of nitrogens with zero attached hydrogens (tertiary/aromatic N) is 5. The molecule has 0 saturated heterocycles. The molecule has 0 fully saturated rings. The molecule has 0 amide bonds. The first-order chi connectivity index (χ1) is 13.6. The summed E-state index contributed by atoms with van der Waals surface area (Å²) < 4.78 is 11.2. The predicted molar refractivity (Wildman–Crippen MR) is 104 cm³/mol. The molecule has 1 aliphatic rings. The largest absolute Gasteiger partial charge is 0.504 e. The molecule has 1 aromatic carbocycles. The van der Waals surface area contributed by atoms with Crippen LogP contribution in [0.3, 0.4) is 0 Å². The molecule has 1 aliphatic heterocycles. The van der Waals surface area contributed by atoms with E-state index in [1.807, 2.05) is 24.8 Å². The lowest BCUT2D eigenvalue weighted by Gasteiger charge is -2.22. The number of hydrogen-bond donors (Lipinski definition) is 1. The Morgan fingerprint density at radius 2 is 1.96 bits per heavy atom. The lowest BCUT2D eigenvalue weighted by Crippen LogP contribution is -2.26. The maximum absolute atomic E-state index is 10.6. The highest BCUT2D eigenvalue weighted by molar-refractivity contribution is 5.68. The van der Waals surface area contributed by atoms with Crippen molar-refractivity contribution in [1.29, 1.82) is 0 Å². The third-order valence-corrected chi connectivity index (χ3v) is 4.60. The number of aryl methyl sites for hydroxylation is 2. The molecule has 0 aliphatic carbocycles. The summed E-state index contributed by atoms with van der Waals surface area (Å²) in [5.41, 5.74) is 3.99. The summed E-state index contributed by atoms with van der Waals surface area (Å²) >= 11 is 0. The van der Waals surface area contributed by atoms with Gasteiger partial charge in [0.25, 0.3) is 5.88 Å². The van der Waals surface area contributed by atoms with Crippen molar-refractivity contribution in [1.82, 2.24) is 19.9 Å². The van der Waals surface area contributed by atoms with Crippen LogP contribution in [-0.2, 0) is 6.54 Å². The van der Waals surface area contributed by atoms with E-state index in [1.165, 1.54) is 0 Å². The molecule has 8 nitrogen and oxygen atoms in total. The topological polar surface area (TPSA) is 93.5 Å². The first-order valence-electron chi connectivity index (χ1n) is 8.96. The summed E-state index contributed by atoms with van der Waals surface area (Å²) in [6.45, 7) is 5.27. The third kappa shape index (κ3) is 3.28. The number of aromatic hydroxyl groups is 1. The summed E-state index contributed by atoms with van der Waals surface area (Å²) in [4.78, 5) is 19.6. The molecule has 4 rings (SSSR count). The summed E-state index contributed by atoms with van der Waals surface area (Å²) in [5.74, 6) is 1.65. The highest BCUT2D eigenvalue weighted by Crippen LogP contribution is 2.39. The lowest BCUT2D eigenvalue weighted by atomic mass is 10.0. The molecule has 8 heteroatoms. The Balaban J connectivity index is 1.78. The smallest absolute Gasteiger partial charge is 0.257 e. The molecule has 3 aromatic rings. The average Bonchev–Trinajstić information content (AvgIpc) is 2.92. The number of phenolic OH excluding ortho intramolecular Hbond substituents is 1. The quantitative estimate of drug-likeness (QED) is 0.742. The highest BCUT2D eigenvalue weighted by atomic mass is 16.5. The van der Waals surface area contributed by atoms with Gasteiger partial charge >= 0.3 is 0 Å². The summed E-state index contributed by atoms with van der Waals surface area (Å²) in [6.07, 6.45) is 4.95. The zero-order valence-electron chi connectivity index (χ0n) is 16.0. The minimum absolute atomic E-state index is 0.0863. The Labute approximate surface area is 162 Å². The fourth-order valence-electron chi connectivity index (χ4n) is 3.31. The van der Waals surface area contributed by atoms with E-state index in [0.717, 1.165) is 28.2 Å². The van der Waals surface area contributed by atoms with Crippen molar-refractivity contribution < 1.29 is 14.6 Å². The lowest BCUT2D eigenvalue weighted by molar-refractivity contribution is 0.311. The van der Waals surface area contributed by atoms with Crippen LogP contribution < -0.4 is 14.4 Å². The van der Waals surface area contributed by atoms with E-state index in [2.05, 4.69) is 19.9 Å². The van der Waals surface area contributed by atoms with Gasteiger partial charge in [-0.15, -0.1) is 0 Å². The summed E-state index contributed by atoms with van der Waals surface area (Å²) in [6, 6.07) is 3.65. The molecule has 0 bridgehead atoms. The number of aromatic nitrogens is 4. The van der Waals surface area contributed by atoms with E-state index in [0.29, 0.717) is 37.1 Å². The van der Waals surface area contributed by atoms with Crippen LogP contribution in [0.2, 0.25) is 0 Å². The Morgan fingerprint density at radius 1 is 1.14 bits per heavy atom. The fraction of sp³-hybridized carbons (Fsp3) is 0.300. The van der Waals surface area contributed by atoms with E-state index in [4.69, 9.17) is 9.47 Å². The number of ether oxygens (including phenoxy) is 2. The molecule has 28 heavy (non-hydrogen) atoms. The first kappa shape index (κ1) is 18.0. The van der Waals surface area contributed by atoms with Crippen molar-refractivity contribution in [2.75, 3.05) is 25.2 Å². The molecule has 0 saturated carbocycles. The Kier molecular flexibility index (Phi) is 4.68. The molecule has 0 atom stereocenters. The van der Waals surface area contributed by atoms with Gasteiger partial charge in [0.05, 0.1) is 30.7 Å². The van der Waals surface area contributed by atoms with Gasteiger partial charge in [0, 0.05) is 36.3 Å². The van der Waals surface area contributed by atoms with Gasteiger partial charge < -0.3 is 19.5 Å². The SMILES string of the molecule is COc1nccnc1N1CCOc2c(O)cc(-c3nc(C)cnc3C)cc2C1. The van der Waals surface area contributed by atoms with Crippen LogP contribution in [0.15, 0.2) is 30.7 Å². The molecule has 0 unspecified atom stereocenters. The van der Waals surface area contributed by atoms with Gasteiger partial charge in [-0.1, -0.05) is 0 Å². The standard InChI is InChI=1S/C20H21N5O3/c1-12-10-23-13(2)17(24-12)14-8-15-11-25(6-7-28-18(15)16(26)9-14)19-20(27-3)22-5-4-21-19/h4-5,8-10,26H,6-7,11H2,1-3H3. The Morgan fingerprint density at radius 3 is 2.79 bits per heavy atom. The summed E-state index contributed by atoms with van der Waals surface area (Å²) in [5, 5.41) is 10.6. The minimum Gasteiger partial charge on any atom is -0.504 e. The molecule has 1 N–H and O–H groups in total. The van der Waals surface area contributed by atoms with Crippen molar-refractivity contribution in [2.24, 2.45) is 0 Å². The number of rotatable bonds is 3. The molecule has 0 radical (unpaired) electrons. The van der Waals surface area contributed by atoms with Crippen LogP contribution in [0.25, 0.3) is 11.3 Å². The van der Waals surface area contributed by atoms with Gasteiger partial charge in [-0.05, 0) is 26.0 Å². The van der Waals surface area contributed by atoms with E-state index in [1.54, 1.807) is 31.8 Å². The maximum Gasteiger partial charge on any atom is 0.257 e. The van der Waals surface area contributed by atoms with Crippen molar-refractivity contribution in [2.45, 2.75) is 20.4 Å². The number of methoxy groups -OCH3 is 1. The summed E-state index contributed by atoms with van der Waals surface area (Å²) in [7, 11) is 1.57. The van der Waals surface area contributed by atoms with Crippen LogP contribution in [0, 0.1) is 13.8 Å². The molecular weight excluding hydrogens is 358 g/mol. The maximum atomic E-state index is 10.6. The van der Waals surface area contributed by atoms with Gasteiger partial charge in [0.2, 0.25) is 0 Å². The minimum atomic E-state index is 0.0863. The van der Waals surface area contributed by atoms with E-state index in [9.17, 15) is 5.11 Å². The third-order valence-electron chi connectivity index (χ3n) is 4.60. The van der Waals surface area contributed by atoms with Gasteiger partial charge in [-0.2, -0.15) is 0 Å². The van der Waals surface area contributed by atoms with Crippen LogP contribution in [0.4, 0.5) is 5.82 Å². The highest BCUT2D eigenvalue weighted by Gasteiger charge is 2.23. The number of hydrogen-bond acceptors (Lipinski definition) is 8. The van der Waals surface area contributed by atoms with Crippen molar-refractivity contribution in [3.63, 3.8) is 0 Å². The van der Waals surface area contributed by atoms with Gasteiger partial charge in [0.1, 0.15) is 6.61 Å². The monoisotopic (exact) mass is 379 g/mol. The van der Waals surface area contributed by atoms with Gasteiger partial charge in [-0.25, -0.2) is 15.0 Å². The zero-order valence-corrected chi connectivity index (χ0v) is 16.0. The van der Waals surface area contributed by atoms with Crippen molar-refractivity contribution in [3.8, 4) is 28.6 Å². The second-order valence-electron chi connectivity index (χ2n) is 6.59. The molecule has 0 spiro atoms. The van der Waals surface area contributed by atoms with Crippen LogP contribution >= 0.6 is 0 Å². The van der Waals surface area contributed by atoms with Crippen LogP contribution in [0.5, 0.6) is 17.4 Å². The van der Waals surface area contributed by atoms with Crippen LogP contribution in [-0.4, -0.2) is 45.3 Å². The Hall–Kier alpha value is -3.42. The molecule has 3 heterocycles. The van der Waals surface area contributed by atoms with E-state index >= 15 is 0 Å². The molecule has 144 valence electrons. The van der Waals surface area contributed by atoms with Crippen LogP contribution in [0.1, 0.15) is 17.0 Å². The number of fused-ring (bicyclic) bond motifs is 1. The second-order valence-corrected chi connectivity index (χ2v) is 6.59. The second kappa shape index (κ2) is 7.30. The first-order valence-corrected chi connectivity index (χ1v) is 8.96. The predicted octanol–water partition coefficient (Wildman–Crippen LogP) is 2.66. The zero-order chi connectivity index (χ0) is 19.7. The normalized spacial score (nSPS) is 13.5. The fourth-order valence-corrected chi connectivity index (χ4v) is 3.31. The van der Waals surface area contributed by atoms with Gasteiger partial charge in [0.15, 0.2) is 17.3 Å². The van der Waals surface area contributed by atoms with Crippen molar-refractivity contribution >= 4 is 5.82 Å². The van der Waals surface area contributed by atoms with Crippen molar-refractivity contribution in [3.05, 3.63) is 47.7 Å². The van der Waals surface area contributed by atoms with E-state index in [-0.39, 0.29) is 5.75 Å². The molecular formula is C20H21N5O3. The number of benzene rings is 1. The molecule has 2 aromatic heterocycles. The number of anilines is 1. The number of phenols is 1.